The molecule has 0 aliphatic carbocycles. The largest absolute Gasteiger partial charge is 0.495 e. The molecule has 0 saturated heterocycles. The summed E-state index contributed by atoms with van der Waals surface area (Å²) in [6.45, 7) is 3.38. The maximum Gasteiger partial charge on any atom is 0.241 e. The molecule has 2 aromatic carbocycles. The van der Waals surface area contributed by atoms with Crippen molar-refractivity contribution in [3.63, 3.8) is 0 Å². The number of sulfonamides is 1. The average Bonchev–Trinajstić information content (AvgIpc) is 2.59. The Labute approximate surface area is 154 Å². The number of nitrogens with zero attached hydrogens (tertiary/aromatic N) is 1. The van der Waals surface area contributed by atoms with Crippen molar-refractivity contribution in [2.24, 2.45) is 0 Å². The minimum Gasteiger partial charge on any atom is -0.495 e. The lowest BCUT2D eigenvalue weighted by atomic mass is 10.1. The number of aryl methyl sites for hydroxylation is 1. The average molecular weight is 376 g/mol. The standard InChI is InChI=1S/C19H24N2O4S/c1-14-10-11-18(25-3)17(12-14)21(26(4,23)24)13-19(22)20-15(2)16-8-6-5-7-9-16/h5-12,15H,13H2,1-4H3,(H,20,22)/t15-/m0/s1. The number of benzene rings is 2. The van der Waals surface area contributed by atoms with Gasteiger partial charge >= 0.3 is 0 Å². The highest BCUT2D eigenvalue weighted by Crippen LogP contribution is 2.30. The van der Waals surface area contributed by atoms with E-state index < -0.39 is 15.9 Å². The molecule has 1 N–H and O–H groups in total. The van der Waals surface area contributed by atoms with Gasteiger partial charge in [0.15, 0.2) is 0 Å². The van der Waals surface area contributed by atoms with Crippen molar-refractivity contribution in [1.82, 2.24) is 5.32 Å². The maximum atomic E-state index is 12.5. The number of methoxy groups -OCH3 is 1. The Hall–Kier alpha value is -2.54. The third-order valence-electron chi connectivity index (χ3n) is 3.97. The van der Waals surface area contributed by atoms with E-state index >= 15 is 0 Å². The predicted octanol–water partition coefficient (Wildman–Crippen LogP) is 2.65. The third kappa shape index (κ3) is 4.98. The molecular formula is C19H24N2O4S. The molecule has 7 heteroatoms. The van der Waals surface area contributed by atoms with E-state index in [-0.39, 0.29) is 12.6 Å². The molecule has 0 unspecified atom stereocenters. The molecule has 0 spiro atoms. The van der Waals surface area contributed by atoms with E-state index in [4.69, 9.17) is 4.74 Å². The van der Waals surface area contributed by atoms with Crippen molar-refractivity contribution < 1.29 is 17.9 Å². The summed E-state index contributed by atoms with van der Waals surface area (Å²) in [6, 6.07) is 14.4. The van der Waals surface area contributed by atoms with Crippen molar-refractivity contribution in [2.75, 3.05) is 24.2 Å². The topological polar surface area (TPSA) is 75.7 Å². The van der Waals surface area contributed by atoms with E-state index in [1.165, 1.54) is 7.11 Å². The molecule has 1 atom stereocenters. The normalized spacial score (nSPS) is 12.3. The second kappa shape index (κ2) is 8.23. The van der Waals surface area contributed by atoms with Crippen molar-refractivity contribution in [3.8, 4) is 5.75 Å². The molecule has 0 fully saturated rings. The number of hydrogen-bond donors (Lipinski definition) is 1. The highest BCUT2D eigenvalue weighted by atomic mass is 32.2. The van der Waals surface area contributed by atoms with E-state index in [2.05, 4.69) is 5.32 Å². The van der Waals surface area contributed by atoms with Gasteiger partial charge in [0.05, 0.1) is 25.1 Å². The first kappa shape index (κ1) is 19.8. The summed E-state index contributed by atoms with van der Waals surface area (Å²) in [5.41, 5.74) is 2.16. The Morgan fingerprint density at radius 1 is 1.19 bits per heavy atom. The number of carbonyl (C=O) groups is 1. The maximum absolute atomic E-state index is 12.5. The van der Waals surface area contributed by atoms with E-state index in [9.17, 15) is 13.2 Å². The Balaban J connectivity index is 2.24. The monoisotopic (exact) mass is 376 g/mol. The minimum absolute atomic E-state index is 0.232. The summed E-state index contributed by atoms with van der Waals surface area (Å²) in [6.07, 6.45) is 1.07. The fourth-order valence-corrected chi connectivity index (χ4v) is 3.47. The van der Waals surface area contributed by atoms with Gasteiger partial charge in [-0.3, -0.25) is 9.10 Å². The third-order valence-corrected chi connectivity index (χ3v) is 5.09. The predicted molar refractivity (Wildman–Crippen MR) is 103 cm³/mol. The molecule has 0 bridgehead atoms. The molecule has 1 amide bonds. The van der Waals surface area contributed by atoms with Crippen LogP contribution in [-0.4, -0.2) is 34.2 Å². The molecule has 0 radical (unpaired) electrons. The lowest BCUT2D eigenvalue weighted by molar-refractivity contribution is -0.120. The highest BCUT2D eigenvalue weighted by molar-refractivity contribution is 7.92. The molecule has 2 aromatic rings. The van der Waals surface area contributed by atoms with Gasteiger partial charge in [-0.2, -0.15) is 0 Å². The van der Waals surface area contributed by atoms with Crippen LogP contribution in [0.1, 0.15) is 24.1 Å². The number of anilines is 1. The van der Waals surface area contributed by atoms with Crippen molar-refractivity contribution >= 4 is 21.6 Å². The molecule has 6 nitrogen and oxygen atoms in total. The van der Waals surface area contributed by atoms with Gasteiger partial charge in [-0.05, 0) is 37.1 Å². The zero-order valence-corrected chi connectivity index (χ0v) is 16.2. The van der Waals surface area contributed by atoms with Gasteiger partial charge < -0.3 is 10.1 Å². The van der Waals surface area contributed by atoms with Crippen molar-refractivity contribution in [1.29, 1.82) is 0 Å². The number of rotatable bonds is 7. The first-order valence-corrected chi connectivity index (χ1v) is 10.0. The molecule has 0 aliphatic rings. The molecule has 0 aromatic heterocycles. The number of ether oxygens (including phenoxy) is 1. The summed E-state index contributed by atoms with van der Waals surface area (Å²) < 4.78 is 30.9. The van der Waals surface area contributed by atoms with E-state index in [0.29, 0.717) is 11.4 Å². The number of nitrogens with one attached hydrogen (secondary N) is 1. The number of hydrogen-bond acceptors (Lipinski definition) is 4. The summed E-state index contributed by atoms with van der Waals surface area (Å²) in [5.74, 6) is 0.000250. The molecule has 0 aliphatic heterocycles. The Morgan fingerprint density at radius 3 is 2.42 bits per heavy atom. The van der Waals surface area contributed by atoms with Crippen molar-refractivity contribution in [3.05, 3.63) is 59.7 Å². The fraction of sp³-hybridized carbons (Fsp3) is 0.316. The van der Waals surface area contributed by atoms with Crippen LogP contribution in [0.3, 0.4) is 0 Å². The molecule has 0 saturated carbocycles. The van der Waals surface area contributed by atoms with Gasteiger partial charge in [0.25, 0.3) is 0 Å². The molecule has 0 heterocycles. The lowest BCUT2D eigenvalue weighted by Crippen LogP contribution is -2.41. The SMILES string of the molecule is COc1ccc(C)cc1N(CC(=O)N[C@@H](C)c1ccccc1)S(C)(=O)=O. The second-order valence-electron chi connectivity index (χ2n) is 6.14. The zero-order valence-electron chi connectivity index (χ0n) is 15.4. The molecular weight excluding hydrogens is 352 g/mol. The van der Waals surface area contributed by atoms with Crippen LogP contribution in [-0.2, 0) is 14.8 Å². The van der Waals surface area contributed by atoms with Crippen molar-refractivity contribution in [2.45, 2.75) is 19.9 Å². The van der Waals surface area contributed by atoms with Gasteiger partial charge in [-0.15, -0.1) is 0 Å². The Kier molecular flexibility index (Phi) is 6.26. The fourth-order valence-electron chi connectivity index (χ4n) is 2.62. The summed E-state index contributed by atoms with van der Waals surface area (Å²) in [4.78, 5) is 12.5. The number of carbonyl (C=O) groups excluding carboxylic acids is 1. The van der Waals surface area contributed by atoms with Crippen LogP contribution in [0, 0.1) is 6.92 Å². The first-order valence-electron chi connectivity index (χ1n) is 8.19. The van der Waals surface area contributed by atoms with E-state index in [0.717, 1.165) is 21.7 Å². The summed E-state index contributed by atoms with van der Waals surface area (Å²) in [7, 11) is -2.21. The van der Waals surface area contributed by atoms with Crippen LogP contribution in [0.2, 0.25) is 0 Å². The van der Waals surface area contributed by atoms with Crippen LogP contribution in [0.5, 0.6) is 5.75 Å². The first-order chi connectivity index (χ1) is 12.2. The Bertz CT molecular complexity index is 866. The smallest absolute Gasteiger partial charge is 0.241 e. The van der Waals surface area contributed by atoms with E-state index in [1.54, 1.807) is 12.1 Å². The minimum atomic E-state index is -3.67. The van der Waals surface area contributed by atoms with Gasteiger partial charge in [0, 0.05) is 0 Å². The number of amides is 1. The van der Waals surface area contributed by atoms with Crippen LogP contribution < -0.4 is 14.4 Å². The van der Waals surface area contributed by atoms with Crippen LogP contribution in [0.25, 0.3) is 0 Å². The molecule has 2 rings (SSSR count). The Morgan fingerprint density at radius 2 is 1.85 bits per heavy atom. The van der Waals surface area contributed by atoms with Gasteiger partial charge in [0.1, 0.15) is 12.3 Å². The van der Waals surface area contributed by atoms with Gasteiger partial charge in [-0.1, -0.05) is 36.4 Å². The zero-order chi connectivity index (χ0) is 19.3. The summed E-state index contributed by atoms with van der Waals surface area (Å²) >= 11 is 0. The lowest BCUT2D eigenvalue weighted by Gasteiger charge is -2.25. The van der Waals surface area contributed by atoms with Gasteiger partial charge in [-0.25, -0.2) is 8.42 Å². The van der Waals surface area contributed by atoms with Crippen LogP contribution in [0.4, 0.5) is 5.69 Å². The summed E-state index contributed by atoms with van der Waals surface area (Å²) in [5, 5.41) is 2.83. The highest BCUT2D eigenvalue weighted by Gasteiger charge is 2.24. The quantitative estimate of drug-likeness (QED) is 0.806. The van der Waals surface area contributed by atoms with Crippen LogP contribution in [0.15, 0.2) is 48.5 Å². The van der Waals surface area contributed by atoms with E-state index in [1.807, 2.05) is 50.2 Å². The van der Waals surface area contributed by atoms with Gasteiger partial charge in [0.2, 0.25) is 15.9 Å². The molecule has 140 valence electrons. The van der Waals surface area contributed by atoms with Crippen LogP contribution >= 0.6 is 0 Å². The molecule has 26 heavy (non-hydrogen) atoms. The second-order valence-corrected chi connectivity index (χ2v) is 8.05.